The van der Waals surface area contributed by atoms with Crippen LogP contribution in [0, 0.1) is 5.92 Å². The van der Waals surface area contributed by atoms with Gasteiger partial charge in [-0.05, 0) is 50.3 Å². The monoisotopic (exact) mass is 326 g/mol. The molecule has 0 saturated heterocycles. The number of carbonyl (C=O) groups excluding carboxylic acids is 2. The summed E-state index contributed by atoms with van der Waals surface area (Å²) in [7, 11) is 0. The number of rotatable bonds is 1. The van der Waals surface area contributed by atoms with E-state index in [-0.39, 0.29) is 17.7 Å². The number of nitrogens with zero attached hydrogens (tertiary/aromatic N) is 1. The summed E-state index contributed by atoms with van der Waals surface area (Å²) in [5.41, 5.74) is 3.48. The fraction of sp³-hybridized carbons (Fsp3) is 0.167. The van der Waals surface area contributed by atoms with E-state index in [0.29, 0.717) is 16.3 Å². The van der Waals surface area contributed by atoms with Gasteiger partial charge in [-0.2, -0.15) is 0 Å². The van der Waals surface area contributed by atoms with Gasteiger partial charge in [0.1, 0.15) is 0 Å². The first-order valence-corrected chi connectivity index (χ1v) is 7.60. The third kappa shape index (κ3) is 3.03. The fourth-order valence-corrected chi connectivity index (χ4v) is 2.69. The minimum absolute atomic E-state index is 0.0392. The van der Waals surface area contributed by atoms with Crippen molar-refractivity contribution in [2.75, 3.05) is 0 Å². The molecule has 1 atom stereocenters. The second kappa shape index (κ2) is 5.97. The molecule has 0 saturated carbocycles. The summed E-state index contributed by atoms with van der Waals surface area (Å²) in [6, 6.07) is 6.57. The molecule has 1 N–H and O–H groups in total. The highest BCUT2D eigenvalue weighted by molar-refractivity contribution is 6.30. The minimum Gasteiger partial charge on any atom is -0.325 e. The number of halogens is 1. The molecule has 5 heteroatoms. The SMILES string of the molecule is CC1=C(C)C2C=CC(=NC(=O)c3ccc(Cl)cc3)C=C2NC1=O. The van der Waals surface area contributed by atoms with Crippen molar-refractivity contribution in [1.29, 1.82) is 0 Å². The molecule has 1 aromatic rings. The lowest BCUT2D eigenvalue weighted by molar-refractivity contribution is -0.117. The normalized spacial score (nSPS) is 21.9. The topological polar surface area (TPSA) is 58.5 Å². The highest BCUT2D eigenvalue weighted by Crippen LogP contribution is 2.29. The maximum Gasteiger partial charge on any atom is 0.277 e. The lowest BCUT2D eigenvalue weighted by atomic mass is 9.85. The van der Waals surface area contributed by atoms with Crippen LogP contribution in [0.5, 0.6) is 0 Å². The average molecular weight is 327 g/mol. The largest absolute Gasteiger partial charge is 0.325 e. The second-order valence-corrected chi connectivity index (χ2v) is 5.98. The third-order valence-corrected chi connectivity index (χ3v) is 4.33. The van der Waals surface area contributed by atoms with Crippen LogP contribution in [0.4, 0.5) is 0 Å². The Bertz CT molecular complexity index is 814. The van der Waals surface area contributed by atoms with E-state index in [2.05, 4.69) is 10.3 Å². The van der Waals surface area contributed by atoms with Gasteiger partial charge in [0, 0.05) is 27.8 Å². The Morgan fingerprint density at radius 3 is 2.61 bits per heavy atom. The summed E-state index contributed by atoms with van der Waals surface area (Å²) in [4.78, 5) is 28.2. The van der Waals surface area contributed by atoms with Crippen molar-refractivity contribution in [2.45, 2.75) is 13.8 Å². The maximum absolute atomic E-state index is 12.2. The van der Waals surface area contributed by atoms with E-state index in [0.717, 1.165) is 16.8 Å². The lowest BCUT2D eigenvalue weighted by Crippen LogP contribution is -2.35. The molecule has 1 aliphatic heterocycles. The van der Waals surface area contributed by atoms with Gasteiger partial charge in [0.2, 0.25) is 0 Å². The number of amides is 2. The Morgan fingerprint density at radius 2 is 1.91 bits per heavy atom. The first-order valence-electron chi connectivity index (χ1n) is 7.23. The van der Waals surface area contributed by atoms with Crippen LogP contribution in [0.1, 0.15) is 24.2 Å². The Morgan fingerprint density at radius 1 is 1.22 bits per heavy atom. The van der Waals surface area contributed by atoms with E-state index in [1.165, 1.54) is 0 Å². The van der Waals surface area contributed by atoms with Gasteiger partial charge in [-0.25, -0.2) is 4.99 Å². The number of allylic oxidation sites excluding steroid dienone is 3. The molecule has 23 heavy (non-hydrogen) atoms. The Kier molecular flexibility index (Phi) is 4.01. The molecule has 116 valence electrons. The summed E-state index contributed by atoms with van der Waals surface area (Å²) < 4.78 is 0. The zero-order valence-electron chi connectivity index (χ0n) is 12.8. The van der Waals surface area contributed by atoms with Crippen LogP contribution in [0.3, 0.4) is 0 Å². The van der Waals surface area contributed by atoms with Gasteiger partial charge in [0.25, 0.3) is 11.8 Å². The lowest BCUT2D eigenvalue weighted by Gasteiger charge is -2.28. The van der Waals surface area contributed by atoms with Crippen LogP contribution in [-0.2, 0) is 4.79 Å². The van der Waals surface area contributed by atoms with E-state index in [4.69, 9.17) is 11.6 Å². The quantitative estimate of drug-likeness (QED) is 0.859. The first kappa shape index (κ1) is 15.4. The van der Waals surface area contributed by atoms with Crippen molar-refractivity contribution in [2.24, 2.45) is 10.9 Å². The van der Waals surface area contributed by atoms with E-state index in [1.54, 1.807) is 36.4 Å². The molecular formula is C18H15ClN2O2. The fourth-order valence-electron chi connectivity index (χ4n) is 2.57. The third-order valence-electron chi connectivity index (χ3n) is 4.08. The number of aliphatic imine (C=N–C) groups is 1. The Balaban J connectivity index is 1.88. The highest BCUT2D eigenvalue weighted by Gasteiger charge is 2.27. The molecule has 0 aromatic heterocycles. The molecule has 1 aliphatic carbocycles. The van der Waals surface area contributed by atoms with Crippen molar-refractivity contribution in [1.82, 2.24) is 5.32 Å². The second-order valence-electron chi connectivity index (χ2n) is 5.55. The number of hydrogen-bond acceptors (Lipinski definition) is 2. The summed E-state index contributed by atoms with van der Waals surface area (Å²) in [5.74, 6) is -0.414. The highest BCUT2D eigenvalue weighted by atomic mass is 35.5. The number of fused-ring (bicyclic) bond motifs is 1. The standard InChI is InChI=1S/C18H15ClN2O2/c1-10-11(2)17(22)21-16-9-14(7-8-15(10)16)20-18(23)12-3-5-13(19)6-4-12/h3-9,15H,1-2H3,(H,21,22). The van der Waals surface area contributed by atoms with E-state index in [9.17, 15) is 9.59 Å². The molecule has 3 rings (SSSR count). The average Bonchev–Trinajstić information content (AvgIpc) is 2.53. The molecule has 1 heterocycles. The molecule has 1 unspecified atom stereocenters. The summed E-state index contributed by atoms with van der Waals surface area (Å²) in [5, 5.41) is 3.42. The van der Waals surface area contributed by atoms with Gasteiger partial charge in [0.05, 0.1) is 5.71 Å². The van der Waals surface area contributed by atoms with Crippen LogP contribution >= 0.6 is 11.6 Å². The predicted molar refractivity (Wildman–Crippen MR) is 90.4 cm³/mol. The number of carbonyl (C=O) groups is 2. The summed E-state index contributed by atoms with van der Waals surface area (Å²) in [6.45, 7) is 3.75. The molecule has 2 aliphatic rings. The van der Waals surface area contributed by atoms with Gasteiger partial charge in [0.15, 0.2) is 0 Å². The van der Waals surface area contributed by atoms with Gasteiger partial charge >= 0.3 is 0 Å². The summed E-state index contributed by atoms with van der Waals surface area (Å²) in [6.07, 6.45) is 5.49. The molecule has 4 nitrogen and oxygen atoms in total. The number of nitrogens with one attached hydrogen (secondary N) is 1. The Hall–Kier alpha value is -2.46. The van der Waals surface area contributed by atoms with E-state index < -0.39 is 0 Å². The van der Waals surface area contributed by atoms with Crippen molar-refractivity contribution in [3.05, 3.63) is 69.9 Å². The molecular weight excluding hydrogens is 312 g/mol. The zero-order valence-corrected chi connectivity index (χ0v) is 13.5. The van der Waals surface area contributed by atoms with Crippen LogP contribution in [0.25, 0.3) is 0 Å². The van der Waals surface area contributed by atoms with Crippen LogP contribution in [0.2, 0.25) is 5.02 Å². The van der Waals surface area contributed by atoms with Gasteiger partial charge in [-0.3, -0.25) is 9.59 Å². The van der Waals surface area contributed by atoms with E-state index >= 15 is 0 Å². The molecule has 0 spiro atoms. The van der Waals surface area contributed by atoms with Crippen molar-refractivity contribution < 1.29 is 9.59 Å². The van der Waals surface area contributed by atoms with Crippen molar-refractivity contribution in [3.8, 4) is 0 Å². The first-order chi connectivity index (χ1) is 11.0. The van der Waals surface area contributed by atoms with Crippen molar-refractivity contribution in [3.63, 3.8) is 0 Å². The maximum atomic E-state index is 12.2. The molecule has 0 radical (unpaired) electrons. The van der Waals surface area contributed by atoms with E-state index in [1.807, 2.05) is 19.9 Å². The molecule has 2 amide bonds. The minimum atomic E-state index is -0.345. The van der Waals surface area contributed by atoms with Crippen LogP contribution in [0.15, 0.2) is 64.3 Å². The number of hydrogen-bond donors (Lipinski definition) is 1. The summed E-state index contributed by atoms with van der Waals surface area (Å²) >= 11 is 5.81. The van der Waals surface area contributed by atoms with Crippen molar-refractivity contribution >= 4 is 29.1 Å². The molecule has 1 aromatic carbocycles. The van der Waals surface area contributed by atoms with Crippen LogP contribution < -0.4 is 5.32 Å². The molecule has 0 fully saturated rings. The van der Waals surface area contributed by atoms with Crippen LogP contribution in [-0.4, -0.2) is 17.5 Å². The Labute approximate surface area is 139 Å². The van der Waals surface area contributed by atoms with Gasteiger partial charge in [-0.1, -0.05) is 23.3 Å². The van der Waals surface area contributed by atoms with Gasteiger partial charge < -0.3 is 5.32 Å². The molecule has 0 bridgehead atoms. The van der Waals surface area contributed by atoms with Gasteiger partial charge in [-0.15, -0.1) is 0 Å². The number of benzene rings is 1. The zero-order chi connectivity index (χ0) is 16.6. The predicted octanol–water partition coefficient (Wildman–Crippen LogP) is 3.46. The smallest absolute Gasteiger partial charge is 0.277 e.